The summed E-state index contributed by atoms with van der Waals surface area (Å²) in [5, 5.41) is 16.5. The predicted octanol–water partition coefficient (Wildman–Crippen LogP) is 6.98. The molecular weight excluding hydrogens is 553 g/mol. The fourth-order valence-corrected chi connectivity index (χ4v) is 5.13. The summed E-state index contributed by atoms with van der Waals surface area (Å²) in [7, 11) is 0. The second kappa shape index (κ2) is 13.3. The van der Waals surface area contributed by atoms with E-state index < -0.39 is 6.04 Å². The average Bonchev–Trinajstić information content (AvgIpc) is 3.21. The summed E-state index contributed by atoms with van der Waals surface area (Å²) < 4.78 is 1.86. The molecule has 0 spiro atoms. The van der Waals surface area contributed by atoms with Crippen molar-refractivity contribution in [2.24, 2.45) is 5.92 Å². The van der Waals surface area contributed by atoms with Gasteiger partial charge in [0.15, 0.2) is 11.0 Å². The Morgan fingerprint density at radius 2 is 1.81 bits per heavy atom. The Balaban J connectivity index is 1.79. The minimum atomic E-state index is -0.438. The highest BCUT2D eigenvalue weighted by molar-refractivity contribution is 7.99. The first-order valence-electron chi connectivity index (χ1n) is 11.6. The number of rotatable bonds is 11. The number of nitrogens with zero attached hydrogens (tertiary/aromatic N) is 3. The quantitative estimate of drug-likeness (QED) is 0.189. The molecule has 2 amide bonds. The molecule has 0 saturated heterocycles. The number of aromatic nitrogens is 3. The van der Waals surface area contributed by atoms with Crippen LogP contribution >= 0.6 is 46.6 Å². The second-order valence-corrected chi connectivity index (χ2v) is 11.0. The first-order chi connectivity index (χ1) is 17.6. The Hall–Kier alpha value is -2.52. The Morgan fingerprint density at radius 3 is 2.46 bits per heavy atom. The molecule has 0 radical (unpaired) electrons. The third-order valence-corrected chi connectivity index (χ3v) is 7.10. The number of hydrogen-bond acceptors (Lipinski definition) is 5. The Kier molecular flexibility index (Phi) is 10.5. The molecular formula is C26H28Cl3N5O2S. The van der Waals surface area contributed by atoms with E-state index in [1.54, 1.807) is 36.4 Å². The van der Waals surface area contributed by atoms with Crippen molar-refractivity contribution < 1.29 is 9.59 Å². The molecule has 0 fully saturated rings. The molecule has 1 atom stereocenters. The van der Waals surface area contributed by atoms with Crippen molar-refractivity contribution in [1.29, 1.82) is 0 Å². The summed E-state index contributed by atoms with van der Waals surface area (Å²) in [5.41, 5.74) is 1.89. The lowest BCUT2D eigenvalue weighted by Gasteiger charge is -2.21. The smallest absolute Gasteiger partial charge is 0.253 e. The lowest BCUT2D eigenvalue weighted by Crippen LogP contribution is -2.32. The number of hydrogen-bond donors (Lipinski definition) is 2. The molecule has 0 unspecified atom stereocenters. The zero-order valence-corrected chi connectivity index (χ0v) is 23.8. The fourth-order valence-electron chi connectivity index (χ4n) is 3.66. The van der Waals surface area contributed by atoms with Crippen LogP contribution in [-0.4, -0.2) is 32.3 Å². The number of allylic oxidation sites excluding steroid dienone is 1. The van der Waals surface area contributed by atoms with Crippen LogP contribution in [0.15, 0.2) is 54.2 Å². The number of aryl methyl sites for hydroxylation is 1. The Bertz CT molecular complexity index is 1300. The van der Waals surface area contributed by atoms with Crippen molar-refractivity contribution in [3.8, 4) is 0 Å². The van der Waals surface area contributed by atoms with Crippen LogP contribution in [0.3, 0.4) is 0 Å². The van der Waals surface area contributed by atoms with E-state index in [4.69, 9.17) is 34.8 Å². The van der Waals surface area contributed by atoms with Crippen molar-refractivity contribution in [1.82, 2.24) is 20.1 Å². The Labute approximate surface area is 236 Å². The molecule has 196 valence electrons. The zero-order chi connectivity index (χ0) is 27.1. The van der Waals surface area contributed by atoms with Crippen LogP contribution in [0.4, 0.5) is 5.69 Å². The fraction of sp³-hybridized carbons (Fsp3) is 0.308. The van der Waals surface area contributed by atoms with Crippen LogP contribution in [0, 0.1) is 12.8 Å². The maximum absolute atomic E-state index is 13.1. The summed E-state index contributed by atoms with van der Waals surface area (Å²) in [6.07, 6.45) is 2.34. The van der Waals surface area contributed by atoms with Gasteiger partial charge in [-0.25, -0.2) is 0 Å². The van der Waals surface area contributed by atoms with Crippen molar-refractivity contribution in [3.05, 3.63) is 81.1 Å². The molecule has 0 bridgehead atoms. The lowest BCUT2D eigenvalue weighted by molar-refractivity contribution is -0.113. The lowest BCUT2D eigenvalue weighted by atomic mass is 10.0. The minimum absolute atomic E-state index is 0.124. The van der Waals surface area contributed by atoms with Gasteiger partial charge in [0.2, 0.25) is 5.91 Å². The van der Waals surface area contributed by atoms with E-state index in [0.717, 1.165) is 5.56 Å². The number of carbonyl (C=O) groups excluding carboxylic acids is 2. The largest absolute Gasteiger partial charge is 0.342 e. The summed E-state index contributed by atoms with van der Waals surface area (Å²) in [6, 6.07) is 9.58. The van der Waals surface area contributed by atoms with Gasteiger partial charge in [0.05, 0.1) is 22.4 Å². The number of carbonyl (C=O) groups is 2. The van der Waals surface area contributed by atoms with Crippen LogP contribution in [-0.2, 0) is 11.3 Å². The van der Waals surface area contributed by atoms with E-state index in [1.807, 2.05) is 11.5 Å². The third-order valence-electron chi connectivity index (χ3n) is 5.35. The standard InChI is InChI=1S/C26H28Cl3N5O2S/c1-5-10-34-24(22(11-15(2)3)31-25(36)19-8-6-18(28)13-20(19)29)32-33-26(34)37-14-23(35)30-21-9-7-17(27)12-16(21)4/h5-9,12-13,15,22H,1,10-11,14H2,2-4H3,(H,30,35)(H,31,36)/t22-/m0/s1. The van der Waals surface area contributed by atoms with Crippen LogP contribution < -0.4 is 10.6 Å². The zero-order valence-electron chi connectivity index (χ0n) is 20.7. The molecule has 37 heavy (non-hydrogen) atoms. The normalized spacial score (nSPS) is 11.9. The molecule has 0 aliphatic heterocycles. The van der Waals surface area contributed by atoms with E-state index in [1.165, 1.54) is 17.8 Å². The molecule has 7 nitrogen and oxygen atoms in total. The molecule has 2 N–H and O–H groups in total. The van der Waals surface area contributed by atoms with Gasteiger partial charge in [0.1, 0.15) is 0 Å². The van der Waals surface area contributed by atoms with Crippen LogP contribution in [0.5, 0.6) is 0 Å². The van der Waals surface area contributed by atoms with Gasteiger partial charge in [-0.05, 0) is 61.2 Å². The minimum Gasteiger partial charge on any atom is -0.342 e. The number of anilines is 1. The molecule has 1 heterocycles. The number of thioether (sulfide) groups is 1. The molecule has 0 saturated carbocycles. The molecule has 11 heteroatoms. The molecule has 0 aliphatic carbocycles. The number of nitrogens with one attached hydrogen (secondary N) is 2. The van der Waals surface area contributed by atoms with Gasteiger partial charge < -0.3 is 15.2 Å². The summed E-state index contributed by atoms with van der Waals surface area (Å²) >= 11 is 19.5. The van der Waals surface area contributed by atoms with Crippen molar-refractivity contribution in [2.75, 3.05) is 11.1 Å². The van der Waals surface area contributed by atoms with Gasteiger partial charge in [-0.15, -0.1) is 16.8 Å². The van der Waals surface area contributed by atoms with Crippen LogP contribution in [0.25, 0.3) is 0 Å². The maximum Gasteiger partial charge on any atom is 0.253 e. The van der Waals surface area contributed by atoms with Gasteiger partial charge in [0.25, 0.3) is 5.91 Å². The first-order valence-corrected chi connectivity index (χ1v) is 13.7. The third kappa shape index (κ3) is 7.98. The summed E-state index contributed by atoms with van der Waals surface area (Å²) in [6.45, 7) is 10.2. The van der Waals surface area contributed by atoms with Gasteiger partial charge in [0, 0.05) is 22.3 Å². The highest BCUT2D eigenvalue weighted by Crippen LogP contribution is 2.27. The van der Waals surface area contributed by atoms with E-state index in [2.05, 4.69) is 41.3 Å². The van der Waals surface area contributed by atoms with Gasteiger partial charge in [-0.2, -0.15) is 0 Å². The molecule has 0 aliphatic rings. The predicted molar refractivity (Wildman–Crippen MR) is 152 cm³/mol. The Morgan fingerprint density at radius 1 is 1.11 bits per heavy atom. The van der Waals surface area contributed by atoms with Crippen molar-refractivity contribution >= 4 is 64.1 Å². The number of benzene rings is 2. The first kappa shape index (κ1) is 29.0. The van der Waals surface area contributed by atoms with Crippen molar-refractivity contribution in [3.63, 3.8) is 0 Å². The molecule has 3 aromatic rings. The summed E-state index contributed by atoms with van der Waals surface area (Å²) in [5.74, 6) is 0.425. The molecule has 2 aromatic carbocycles. The number of amides is 2. The van der Waals surface area contributed by atoms with Crippen LogP contribution in [0.2, 0.25) is 15.1 Å². The molecule has 1 aromatic heterocycles. The topological polar surface area (TPSA) is 88.9 Å². The van der Waals surface area contributed by atoms with Gasteiger partial charge in [-0.1, -0.05) is 66.5 Å². The van der Waals surface area contributed by atoms with Crippen LogP contribution in [0.1, 0.15) is 48.1 Å². The van der Waals surface area contributed by atoms with E-state index in [9.17, 15) is 9.59 Å². The summed E-state index contributed by atoms with van der Waals surface area (Å²) in [4.78, 5) is 25.7. The highest BCUT2D eigenvalue weighted by Gasteiger charge is 2.25. The van der Waals surface area contributed by atoms with E-state index in [-0.39, 0.29) is 28.5 Å². The monoisotopic (exact) mass is 579 g/mol. The van der Waals surface area contributed by atoms with Crippen molar-refractivity contribution in [2.45, 2.75) is 44.9 Å². The average molecular weight is 581 g/mol. The van der Waals surface area contributed by atoms with E-state index >= 15 is 0 Å². The second-order valence-electron chi connectivity index (χ2n) is 8.82. The highest BCUT2D eigenvalue weighted by atomic mass is 35.5. The maximum atomic E-state index is 13.1. The SMILES string of the molecule is C=CCn1c(SCC(=O)Nc2ccc(Cl)cc2C)nnc1[C@H](CC(C)C)NC(=O)c1ccc(Cl)cc1Cl. The number of halogens is 3. The van der Waals surface area contributed by atoms with Gasteiger partial charge in [-0.3, -0.25) is 9.59 Å². The molecule has 3 rings (SSSR count). The van der Waals surface area contributed by atoms with Gasteiger partial charge >= 0.3 is 0 Å². The van der Waals surface area contributed by atoms with E-state index in [0.29, 0.717) is 45.2 Å².